The number of carbonyl (C=O) groups excluding carboxylic acids is 2. The molecule has 0 aromatic heterocycles. The van der Waals surface area contributed by atoms with E-state index < -0.39 is 0 Å². The fourth-order valence-corrected chi connectivity index (χ4v) is 3.07. The summed E-state index contributed by atoms with van der Waals surface area (Å²) in [7, 11) is 0. The normalized spacial score (nSPS) is 11.5. The molecule has 0 spiro atoms. The number of aryl methyl sites for hydroxylation is 1. The molecule has 0 saturated carbocycles. The molecule has 3 aromatic carbocycles. The Labute approximate surface area is 170 Å². The molecule has 0 fully saturated rings. The van der Waals surface area contributed by atoms with Gasteiger partial charge in [-0.25, -0.2) is 0 Å². The summed E-state index contributed by atoms with van der Waals surface area (Å²) in [6, 6.07) is 24.1. The van der Waals surface area contributed by atoms with Gasteiger partial charge in [-0.05, 0) is 54.8 Å². The quantitative estimate of drug-likeness (QED) is 0.528. The molecule has 0 aliphatic carbocycles. The van der Waals surface area contributed by atoms with Crippen molar-refractivity contribution in [1.82, 2.24) is 5.32 Å². The molecule has 0 aliphatic heterocycles. The van der Waals surface area contributed by atoms with Crippen molar-refractivity contribution in [3.8, 4) is 0 Å². The second-order valence-electron chi connectivity index (χ2n) is 6.98. The summed E-state index contributed by atoms with van der Waals surface area (Å²) in [4.78, 5) is 24.8. The molecule has 4 N–H and O–H groups in total. The van der Waals surface area contributed by atoms with Crippen LogP contribution in [-0.2, 0) is 11.2 Å². The SMILES string of the molecule is CC(NC(=O)c1cccc(NC(=O)CCc2cccc(N)c2)c1)c1ccccc1. The van der Waals surface area contributed by atoms with Crippen LogP contribution in [0.2, 0.25) is 0 Å². The summed E-state index contributed by atoms with van der Waals surface area (Å²) < 4.78 is 0. The zero-order valence-corrected chi connectivity index (χ0v) is 16.4. The third-order valence-electron chi connectivity index (χ3n) is 4.65. The minimum absolute atomic E-state index is 0.109. The Morgan fingerprint density at radius 1 is 0.931 bits per heavy atom. The van der Waals surface area contributed by atoms with E-state index in [1.54, 1.807) is 24.3 Å². The smallest absolute Gasteiger partial charge is 0.251 e. The first-order valence-corrected chi connectivity index (χ1v) is 9.61. The van der Waals surface area contributed by atoms with Gasteiger partial charge in [0.1, 0.15) is 0 Å². The first-order chi connectivity index (χ1) is 14.0. The predicted octanol–water partition coefficient (Wildman–Crippen LogP) is 4.33. The zero-order chi connectivity index (χ0) is 20.6. The van der Waals surface area contributed by atoms with E-state index >= 15 is 0 Å². The summed E-state index contributed by atoms with van der Waals surface area (Å²) in [6.45, 7) is 1.94. The highest BCUT2D eigenvalue weighted by Gasteiger charge is 2.12. The first-order valence-electron chi connectivity index (χ1n) is 9.61. The lowest BCUT2D eigenvalue weighted by Crippen LogP contribution is -2.26. The molecule has 0 bridgehead atoms. The summed E-state index contributed by atoms with van der Waals surface area (Å²) in [6.07, 6.45) is 0.941. The fraction of sp³-hybridized carbons (Fsp3) is 0.167. The Morgan fingerprint density at radius 2 is 1.69 bits per heavy atom. The molecule has 5 nitrogen and oxygen atoms in total. The van der Waals surface area contributed by atoms with Crippen LogP contribution in [0.25, 0.3) is 0 Å². The minimum Gasteiger partial charge on any atom is -0.399 e. The van der Waals surface area contributed by atoms with Gasteiger partial charge in [0.05, 0.1) is 6.04 Å². The van der Waals surface area contributed by atoms with Gasteiger partial charge < -0.3 is 16.4 Å². The number of hydrogen-bond acceptors (Lipinski definition) is 3. The second kappa shape index (κ2) is 9.55. The van der Waals surface area contributed by atoms with Gasteiger partial charge in [-0.1, -0.05) is 48.5 Å². The van der Waals surface area contributed by atoms with Crippen LogP contribution in [0.15, 0.2) is 78.9 Å². The van der Waals surface area contributed by atoms with E-state index in [-0.39, 0.29) is 17.9 Å². The number of nitrogens with one attached hydrogen (secondary N) is 2. The molecule has 29 heavy (non-hydrogen) atoms. The number of carbonyl (C=O) groups is 2. The average molecular weight is 387 g/mol. The number of anilines is 2. The first kappa shape index (κ1) is 20.1. The van der Waals surface area contributed by atoms with Gasteiger partial charge in [0, 0.05) is 23.4 Å². The molecule has 1 unspecified atom stereocenters. The molecule has 3 rings (SSSR count). The van der Waals surface area contributed by atoms with Gasteiger partial charge in [0.15, 0.2) is 0 Å². The zero-order valence-electron chi connectivity index (χ0n) is 16.4. The Hall–Kier alpha value is -3.60. The van der Waals surface area contributed by atoms with Gasteiger partial charge in [-0.2, -0.15) is 0 Å². The topological polar surface area (TPSA) is 84.2 Å². The van der Waals surface area contributed by atoms with Crippen molar-refractivity contribution in [3.05, 3.63) is 95.6 Å². The Morgan fingerprint density at radius 3 is 2.45 bits per heavy atom. The maximum Gasteiger partial charge on any atom is 0.251 e. The van der Waals surface area contributed by atoms with Crippen LogP contribution < -0.4 is 16.4 Å². The van der Waals surface area contributed by atoms with Crippen molar-refractivity contribution < 1.29 is 9.59 Å². The Kier molecular flexibility index (Phi) is 6.63. The highest BCUT2D eigenvalue weighted by molar-refractivity contribution is 5.97. The third kappa shape index (κ3) is 5.94. The number of rotatable bonds is 7. The third-order valence-corrected chi connectivity index (χ3v) is 4.65. The number of benzene rings is 3. The number of nitrogen functional groups attached to an aromatic ring is 1. The summed E-state index contributed by atoms with van der Waals surface area (Å²) >= 11 is 0. The monoisotopic (exact) mass is 387 g/mol. The van der Waals surface area contributed by atoms with E-state index in [0.717, 1.165) is 11.1 Å². The summed E-state index contributed by atoms with van der Waals surface area (Å²) in [5.41, 5.74) is 9.60. The number of hydrogen-bond donors (Lipinski definition) is 3. The van der Waals surface area contributed by atoms with Gasteiger partial charge in [-0.15, -0.1) is 0 Å². The molecule has 0 saturated heterocycles. The van der Waals surface area contributed by atoms with Crippen LogP contribution in [0.4, 0.5) is 11.4 Å². The van der Waals surface area contributed by atoms with Crippen molar-refractivity contribution in [2.24, 2.45) is 0 Å². The molecule has 148 valence electrons. The molecular formula is C24H25N3O2. The van der Waals surface area contributed by atoms with Crippen LogP contribution in [0.1, 0.15) is 40.9 Å². The molecular weight excluding hydrogens is 362 g/mol. The van der Waals surface area contributed by atoms with Crippen molar-refractivity contribution in [2.45, 2.75) is 25.8 Å². The summed E-state index contributed by atoms with van der Waals surface area (Å²) in [5, 5.41) is 5.84. The molecule has 1 atom stereocenters. The summed E-state index contributed by atoms with van der Waals surface area (Å²) in [5.74, 6) is -0.292. The molecule has 0 radical (unpaired) electrons. The van der Waals surface area contributed by atoms with E-state index in [2.05, 4.69) is 10.6 Å². The van der Waals surface area contributed by atoms with Crippen molar-refractivity contribution in [3.63, 3.8) is 0 Å². The van der Waals surface area contributed by atoms with Crippen LogP contribution in [0.5, 0.6) is 0 Å². The molecule has 5 heteroatoms. The van der Waals surface area contributed by atoms with E-state index in [1.165, 1.54) is 0 Å². The van der Waals surface area contributed by atoms with E-state index in [9.17, 15) is 9.59 Å². The predicted molar refractivity (Wildman–Crippen MR) is 117 cm³/mol. The van der Waals surface area contributed by atoms with Crippen molar-refractivity contribution in [1.29, 1.82) is 0 Å². The lowest BCUT2D eigenvalue weighted by atomic mass is 10.1. The van der Waals surface area contributed by atoms with Gasteiger partial charge >= 0.3 is 0 Å². The Bertz CT molecular complexity index is 986. The van der Waals surface area contributed by atoms with Crippen LogP contribution in [0.3, 0.4) is 0 Å². The highest BCUT2D eigenvalue weighted by Crippen LogP contribution is 2.16. The van der Waals surface area contributed by atoms with E-state index in [0.29, 0.717) is 29.8 Å². The van der Waals surface area contributed by atoms with E-state index in [1.807, 2.05) is 61.5 Å². The van der Waals surface area contributed by atoms with Crippen molar-refractivity contribution >= 4 is 23.2 Å². The van der Waals surface area contributed by atoms with Gasteiger partial charge in [0.25, 0.3) is 5.91 Å². The van der Waals surface area contributed by atoms with Crippen LogP contribution in [-0.4, -0.2) is 11.8 Å². The largest absolute Gasteiger partial charge is 0.399 e. The maximum atomic E-state index is 12.6. The average Bonchev–Trinajstić information content (AvgIpc) is 2.73. The molecule has 0 aliphatic rings. The lowest BCUT2D eigenvalue weighted by molar-refractivity contribution is -0.116. The standard InChI is InChI=1S/C24H25N3O2/c1-17(19-8-3-2-4-9-19)26-24(29)20-10-6-12-22(16-20)27-23(28)14-13-18-7-5-11-21(25)15-18/h2-12,15-17H,13-14,25H2,1H3,(H,26,29)(H,27,28). The Balaban J connectivity index is 1.57. The van der Waals surface area contributed by atoms with E-state index in [4.69, 9.17) is 5.73 Å². The molecule has 2 amide bonds. The second-order valence-corrected chi connectivity index (χ2v) is 6.98. The van der Waals surface area contributed by atoms with Gasteiger partial charge in [-0.3, -0.25) is 9.59 Å². The highest BCUT2D eigenvalue weighted by atomic mass is 16.2. The number of nitrogens with two attached hydrogens (primary N) is 1. The van der Waals surface area contributed by atoms with Gasteiger partial charge in [0.2, 0.25) is 5.91 Å². The van der Waals surface area contributed by atoms with Crippen LogP contribution >= 0.6 is 0 Å². The molecule has 0 heterocycles. The lowest BCUT2D eigenvalue weighted by Gasteiger charge is -2.15. The van der Waals surface area contributed by atoms with Crippen LogP contribution in [0, 0.1) is 0 Å². The minimum atomic E-state index is -0.183. The fourth-order valence-electron chi connectivity index (χ4n) is 3.07. The number of amides is 2. The maximum absolute atomic E-state index is 12.6. The van der Waals surface area contributed by atoms with Crippen molar-refractivity contribution in [2.75, 3.05) is 11.1 Å². The molecule has 3 aromatic rings.